The minimum atomic E-state index is -0.559. The Kier molecular flexibility index (Phi) is 2.72. The molecular formula is C13H9NO4S. The lowest BCUT2D eigenvalue weighted by Crippen LogP contribution is -2.02. The molecule has 0 aliphatic heterocycles. The Hall–Kier alpha value is -2.34. The number of ether oxygens (including phenoxy) is 1. The van der Waals surface area contributed by atoms with Crippen LogP contribution in [0.15, 0.2) is 39.9 Å². The standard InChI is InChI=1S/C13H9NO4S/c1-17-12(15)9-6-8-11(14-16)7-4-2-3-5-10(7)19-13(8)18-9/h2-6,16H,1H3/b14-11+. The Morgan fingerprint density at radius 1 is 1.37 bits per heavy atom. The normalized spacial score (nSPS) is 12.2. The monoisotopic (exact) mass is 275 g/mol. The molecule has 0 atom stereocenters. The van der Waals surface area contributed by atoms with Crippen LogP contribution in [-0.2, 0) is 4.74 Å². The van der Waals surface area contributed by atoms with Gasteiger partial charge >= 0.3 is 5.97 Å². The summed E-state index contributed by atoms with van der Waals surface area (Å²) in [5.41, 5.74) is 0. The van der Waals surface area contributed by atoms with Gasteiger partial charge in [0.15, 0.2) is 4.90 Å². The van der Waals surface area contributed by atoms with Gasteiger partial charge < -0.3 is 14.4 Å². The number of fused-ring (bicyclic) bond motifs is 2. The summed E-state index contributed by atoms with van der Waals surface area (Å²) in [7, 11) is 1.28. The van der Waals surface area contributed by atoms with Gasteiger partial charge in [0.25, 0.3) is 0 Å². The van der Waals surface area contributed by atoms with Crippen LogP contribution in [-0.4, -0.2) is 18.3 Å². The number of carbonyl (C=O) groups excluding carboxylic acids is 1. The Bertz CT molecular complexity index is 847. The average Bonchev–Trinajstić information content (AvgIpc) is 2.87. The van der Waals surface area contributed by atoms with Crippen LogP contribution in [0.1, 0.15) is 10.6 Å². The summed E-state index contributed by atoms with van der Waals surface area (Å²) in [6.07, 6.45) is 0. The van der Waals surface area contributed by atoms with E-state index in [-0.39, 0.29) is 5.76 Å². The second kappa shape index (κ2) is 4.40. The molecule has 0 unspecified atom stereocenters. The summed E-state index contributed by atoms with van der Waals surface area (Å²) in [5, 5.41) is 14.3. The molecule has 96 valence electrons. The zero-order valence-electron chi connectivity index (χ0n) is 9.91. The lowest BCUT2D eigenvalue weighted by Gasteiger charge is -1.96. The van der Waals surface area contributed by atoms with Crippen LogP contribution in [0.25, 0.3) is 20.4 Å². The van der Waals surface area contributed by atoms with Crippen molar-refractivity contribution >= 4 is 37.7 Å². The molecule has 1 aromatic carbocycles. The van der Waals surface area contributed by atoms with E-state index in [1.165, 1.54) is 24.5 Å². The Morgan fingerprint density at radius 2 is 2.16 bits per heavy atom. The lowest BCUT2D eigenvalue weighted by molar-refractivity contribution is 0.0568. The van der Waals surface area contributed by atoms with Gasteiger partial charge in [0.05, 0.1) is 12.5 Å². The quantitative estimate of drug-likeness (QED) is 0.421. The van der Waals surface area contributed by atoms with Crippen molar-refractivity contribution in [3.8, 4) is 0 Å². The van der Waals surface area contributed by atoms with E-state index in [2.05, 4.69) is 9.89 Å². The molecule has 0 fully saturated rings. The highest BCUT2D eigenvalue weighted by Crippen LogP contribution is 2.27. The van der Waals surface area contributed by atoms with E-state index in [0.29, 0.717) is 15.6 Å². The topological polar surface area (TPSA) is 72.0 Å². The number of carbonyl (C=O) groups is 1. The second-order valence-corrected chi connectivity index (χ2v) is 4.86. The minimum Gasteiger partial charge on any atom is -0.463 e. The van der Waals surface area contributed by atoms with Gasteiger partial charge in [0, 0.05) is 16.2 Å². The molecule has 6 heteroatoms. The van der Waals surface area contributed by atoms with Crippen molar-refractivity contribution in [2.24, 2.45) is 5.16 Å². The number of hydrogen-bond donors (Lipinski definition) is 1. The van der Waals surface area contributed by atoms with Crippen LogP contribution in [0.3, 0.4) is 0 Å². The van der Waals surface area contributed by atoms with Crippen molar-refractivity contribution in [1.82, 2.24) is 0 Å². The zero-order valence-corrected chi connectivity index (χ0v) is 10.7. The smallest absolute Gasteiger partial charge is 0.374 e. The highest BCUT2D eigenvalue weighted by molar-refractivity contribution is 7.24. The summed E-state index contributed by atoms with van der Waals surface area (Å²) in [6, 6.07) is 9.02. The maximum Gasteiger partial charge on any atom is 0.374 e. The number of nitrogens with zero attached hydrogens (tertiary/aromatic N) is 1. The second-order valence-electron chi connectivity index (χ2n) is 3.85. The Morgan fingerprint density at radius 3 is 2.89 bits per heavy atom. The van der Waals surface area contributed by atoms with E-state index in [9.17, 15) is 10.0 Å². The van der Waals surface area contributed by atoms with Crippen LogP contribution >= 0.6 is 11.3 Å². The van der Waals surface area contributed by atoms with E-state index in [1.54, 1.807) is 0 Å². The predicted octanol–water partition coefficient (Wildman–Crippen LogP) is 2.72. The number of furan rings is 1. The fourth-order valence-electron chi connectivity index (χ4n) is 1.92. The van der Waals surface area contributed by atoms with E-state index >= 15 is 0 Å². The molecule has 5 nitrogen and oxygen atoms in total. The number of esters is 1. The fraction of sp³-hybridized carbons (Fsp3) is 0.0769. The third kappa shape index (κ3) is 1.77. The van der Waals surface area contributed by atoms with E-state index < -0.39 is 5.97 Å². The first-order valence-corrected chi connectivity index (χ1v) is 6.28. The van der Waals surface area contributed by atoms with Crippen molar-refractivity contribution in [1.29, 1.82) is 0 Å². The van der Waals surface area contributed by atoms with Crippen LogP contribution in [0.4, 0.5) is 0 Å². The molecule has 2 aromatic heterocycles. The first-order chi connectivity index (χ1) is 9.24. The number of hydrogen-bond acceptors (Lipinski definition) is 6. The van der Waals surface area contributed by atoms with Gasteiger partial charge in [0.1, 0.15) is 5.36 Å². The maximum absolute atomic E-state index is 11.5. The molecule has 2 heterocycles. The molecule has 0 radical (unpaired) electrons. The number of methoxy groups -OCH3 is 1. The molecule has 0 aliphatic carbocycles. The van der Waals surface area contributed by atoms with Gasteiger partial charge in [-0.2, -0.15) is 0 Å². The molecule has 19 heavy (non-hydrogen) atoms. The summed E-state index contributed by atoms with van der Waals surface area (Å²) in [5.74, 6) is -0.467. The fourth-order valence-corrected chi connectivity index (χ4v) is 2.94. The molecule has 0 bridgehead atoms. The largest absolute Gasteiger partial charge is 0.463 e. The summed E-state index contributed by atoms with van der Waals surface area (Å²) >= 11 is 1.38. The molecule has 0 spiro atoms. The molecule has 1 N–H and O–H groups in total. The van der Waals surface area contributed by atoms with Gasteiger partial charge in [0.2, 0.25) is 5.76 Å². The van der Waals surface area contributed by atoms with Crippen LogP contribution in [0.5, 0.6) is 0 Å². The van der Waals surface area contributed by atoms with E-state index in [0.717, 1.165) is 10.1 Å². The van der Waals surface area contributed by atoms with Gasteiger partial charge in [-0.15, -0.1) is 0 Å². The minimum absolute atomic E-state index is 0.0916. The molecule has 3 rings (SSSR count). The van der Waals surface area contributed by atoms with Gasteiger partial charge in [-0.05, 0) is 6.07 Å². The van der Waals surface area contributed by atoms with E-state index in [4.69, 9.17) is 4.42 Å². The first kappa shape index (κ1) is 11.7. The number of benzene rings is 1. The van der Waals surface area contributed by atoms with E-state index in [1.807, 2.05) is 24.3 Å². The Balaban J connectivity index is 2.45. The highest BCUT2D eigenvalue weighted by Gasteiger charge is 2.15. The van der Waals surface area contributed by atoms with Gasteiger partial charge in [-0.1, -0.05) is 34.7 Å². The van der Waals surface area contributed by atoms with Crippen LogP contribution < -0.4 is 5.36 Å². The van der Waals surface area contributed by atoms with Gasteiger partial charge in [-0.25, -0.2) is 4.79 Å². The van der Waals surface area contributed by atoms with Crippen molar-refractivity contribution in [2.75, 3.05) is 7.11 Å². The molecule has 3 aromatic rings. The van der Waals surface area contributed by atoms with Crippen molar-refractivity contribution in [3.63, 3.8) is 0 Å². The molecule has 0 saturated heterocycles. The van der Waals surface area contributed by atoms with Crippen molar-refractivity contribution in [3.05, 3.63) is 41.4 Å². The zero-order chi connectivity index (χ0) is 13.4. The highest BCUT2D eigenvalue weighted by atomic mass is 32.1. The summed E-state index contributed by atoms with van der Waals surface area (Å²) < 4.78 is 11.0. The molecule has 0 aliphatic rings. The summed E-state index contributed by atoms with van der Waals surface area (Å²) in [4.78, 5) is 12.0. The third-order valence-corrected chi connectivity index (χ3v) is 3.85. The third-order valence-electron chi connectivity index (χ3n) is 2.78. The summed E-state index contributed by atoms with van der Waals surface area (Å²) in [6.45, 7) is 0. The maximum atomic E-state index is 11.5. The molecular weight excluding hydrogens is 266 g/mol. The SMILES string of the molecule is COC(=O)c1cc2/c(=N/O)c3ccccc3sc2o1. The first-order valence-electron chi connectivity index (χ1n) is 5.46. The Labute approximate surface area is 111 Å². The predicted molar refractivity (Wildman–Crippen MR) is 70.3 cm³/mol. The van der Waals surface area contributed by atoms with Crippen molar-refractivity contribution in [2.45, 2.75) is 0 Å². The van der Waals surface area contributed by atoms with Crippen molar-refractivity contribution < 1.29 is 19.2 Å². The molecule has 0 amide bonds. The average molecular weight is 275 g/mol. The lowest BCUT2D eigenvalue weighted by atomic mass is 10.2. The molecule has 0 saturated carbocycles. The van der Waals surface area contributed by atoms with Crippen LogP contribution in [0.2, 0.25) is 0 Å². The van der Waals surface area contributed by atoms with Gasteiger partial charge in [-0.3, -0.25) is 0 Å². The van der Waals surface area contributed by atoms with Crippen LogP contribution in [0, 0.1) is 0 Å². The number of rotatable bonds is 1.